The third kappa shape index (κ3) is 8.58. The highest BCUT2D eigenvalue weighted by Crippen LogP contribution is 2.18. The highest BCUT2D eigenvalue weighted by Gasteiger charge is 2.38. The minimum Gasteiger partial charge on any atom is -0.394 e. The van der Waals surface area contributed by atoms with Crippen LogP contribution in [-0.2, 0) is 9.47 Å². The number of unbranched alkanes of at least 4 members (excludes halogenated alkanes) is 7. The van der Waals surface area contributed by atoms with Crippen molar-refractivity contribution in [2.24, 2.45) is 0 Å². The van der Waals surface area contributed by atoms with Crippen molar-refractivity contribution in [2.45, 2.75) is 89.1 Å². The third-order valence-electron chi connectivity index (χ3n) is 4.50. The first-order chi connectivity index (χ1) is 11.7. The zero-order valence-electron chi connectivity index (χ0n) is 15.1. The Labute approximate surface area is 146 Å². The Kier molecular flexibility index (Phi) is 12.4. The van der Waals surface area contributed by atoms with E-state index in [1.807, 2.05) is 0 Å². The molecule has 5 heteroatoms. The molecule has 0 bridgehead atoms. The molecular weight excluding hydrogens is 308 g/mol. The van der Waals surface area contributed by atoms with Gasteiger partial charge in [0.25, 0.3) is 0 Å². The van der Waals surface area contributed by atoms with Crippen LogP contribution in [0.5, 0.6) is 0 Å². The van der Waals surface area contributed by atoms with Gasteiger partial charge in [-0.05, 0) is 25.7 Å². The number of aliphatic hydroxyl groups is 3. The highest BCUT2D eigenvalue weighted by molar-refractivity contribution is 4.87. The second-order valence-corrected chi connectivity index (χ2v) is 6.61. The zero-order chi connectivity index (χ0) is 17.6. The summed E-state index contributed by atoms with van der Waals surface area (Å²) in [5.74, 6) is 0. The monoisotopic (exact) mass is 344 g/mol. The SMILES string of the molecule is CCCC/C=C/CCCCCCCO[C@H]1CO[C@H](CO)[C@@H](O)[C@@H]1O. The largest absolute Gasteiger partial charge is 0.394 e. The van der Waals surface area contributed by atoms with Crippen LogP contribution >= 0.6 is 0 Å². The van der Waals surface area contributed by atoms with E-state index < -0.39 is 24.4 Å². The number of ether oxygens (including phenoxy) is 2. The van der Waals surface area contributed by atoms with Gasteiger partial charge < -0.3 is 24.8 Å². The van der Waals surface area contributed by atoms with Gasteiger partial charge in [-0.1, -0.05) is 51.2 Å². The zero-order valence-corrected chi connectivity index (χ0v) is 15.1. The summed E-state index contributed by atoms with van der Waals surface area (Å²) in [6, 6.07) is 0. The van der Waals surface area contributed by atoms with E-state index in [1.54, 1.807) is 0 Å². The van der Waals surface area contributed by atoms with Crippen molar-refractivity contribution < 1.29 is 24.8 Å². The molecule has 5 nitrogen and oxygen atoms in total. The normalized spacial score (nSPS) is 27.8. The quantitative estimate of drug-likeness (QED) is 0.353. The Morgan fingerprint density at radius 1 is 0.958 bits per heavy atom. The Balaban J connectivity index is 1.94. The van der Waals surface area contributed by atoms with Gasteiger partial charge in [-0.15, -0.1) is 0 Å². The van der Waals surface area contributed by atoms with Gasteiger partial charge in [-0.2, -0.15) is 0 Å². The van der Waals surface area contributed by atoms with E-state index in [2.05, 4.69) is 19.1 Å². The smallest absolute Gasteiger partial charge is 0.111 e. The second-order valence-electron chi connectivity index (χ2n) is 6.61. The number of rotatable bonds is 13. The van der Waals surface area contributed by atoms with Crippen molar-refractivity contribution >= 4 is 0 Å². The average molecular weight is 344 g/mol. The van der Waals surface area contributed by atoms with E-state index in [9.17, 15) is 10.2 Å². The van der Waals surface area contributed by atoms with Crippen LogP contribution in [-0.4, -0.2) is 59.6 Å². The molecule has 0 amide bonds. The molecule has 1 aliphatic rings. The molecule has 4 atom stereocenters. The minimum atomic E-state index is -1.08. The van der Waals surface area contributed by atoms with Crippen LogP contribution in [0, 0.1) is 0 Å². The standard InChI is InChI=1S/C19H36O5/c1-2-3-4-5-6-7-8-9-10-11-12-13-23-17-15-24-16(14-20)18(21)19(17)22/h5-6,16-22H,2-4,7-15H2,1H3/b6-5+/t16-,17+,18-,19-/m1/s1. The van der Waals surface area contributed by atoms with Gasteiger partial charge >= 0.3 is 0 Å². The topological polar surface area (TPSA) is 79.2 Å². The fourth-order valence-electron chi connectivity index (χ4n) is 2.85. The molecule has 0 unspecified atom stereocenters. The molecule has 1 saturated heterocycles. The first-order valence-corrected chi connectivity index (χ1v) is 9.55. The van der Waals surface area contributed by atoms with Crippen molar-refractivity contribution in [1.29, 1.82) is 0 Å². The molecule has 0 aromatic heterocycles. The minimum absolute atomic E-state index is 0.216. The molecule has 0 aromatic rings. The molecule has 1 fully saturated rings. The maximum Gasteiger partial charge on any atom is 0.111 e. The molecule has 0 aliphatic carbocycles. The molecule has 0 radical (unpaired) electrons. The van der Waals surface area contributed by atoms with Crippen LogP contribution in [0.2, 0.25) is 0 Å². The number of hydrogen-bond donors (Lipinski definition) is 3. The van der Waals surface area contributed by atoms with Crippen LogP contribution in [0.4, 0.5) is 0 Å². The van der Waals surface area contributed by atoms with E-state index >= 15 is 0 Å². The summed E-state index contributed by atoms with van der Waals surface area (Å²) in [4.78, 5) is 0. The Hall–Kier alpha value is -0.460. The van der Waals surface area contributed by atoms with Crippen molar-refractivity contribution in [3.05, 3.63) is 12.2 Å². The van der Waals surface area contributed by atoms with Gasteiger partial charge in [0.2, 0.25) is 0 Å². The van der Waals surface area contributed by atoms with Crippen LogP contribution in [0.1, 0.15) is 64.7 Å². The summed E-state index contributed by atoms with van der Waals surface area (Å²) in [7, 11) is 0. The van der Waals surface area contributed by atoms with Crippen molar-refractivity contribution in [3.8, 4) is 0 Å². The van der Waals surface area contributed by atoms with Crippen molar-refractivity contribution in [3.63, 3.8) is 0 Å². The molecule has 142 valence electrons. The Bertz CT molecular complexity index is 321. The lowest BCUT2D eigenvalue weighted by molar-refractivity contribution is -0.208. The molecule has 0 aromatic carbocycles. The fraction of sp³-hybridized carbons (Fsp3) is 0.895. The fourth-order valence-corrected chi connectivity index (χ4v) is 2.85. The lowest BCUT2D eigenvalue weighted by atomic mass is 10.0. The molecule has 1 aliphatic heterocycles. The number of allylic oxidation sites excluding steroid dienone is 2. The molecule has 1 heterocycles. The van der Waals surface area contributed by atoms with Gasteiger partial charge in [0.1, 0.15) is 24.4 Å². The average Bonchev–Trinajstić information content (AvgIpc) is 2.59. The summed E-state index contributed by atoms with van der Waals surface area (Å²) < 4.78 is 10.9. The maximum absolute atomic E-state index is 9.94. The van der Waals surface area contributed by atoms with Crippen LogP contribution in [0.15, 0.2) is 12.2 Å². The molecule has 0 saturated carbocycles. The van der Waals surface area contributed by atoms with Gasteiger partial charge in [0, 0.05) is 6.61 Å². The first kappa shape index (κ1) is 21.6. The number of hydrogen-bond acceptors (Lipinski definition) is 5. The maximum atomic E-state index is 9.94. The predicted octanol–water partition coefficient (Wildman–Crippen LogP) is 2.57. The van der Waals surface area contributed by atoms with E-state index in [1.165, 1.54) is 44.9 Å². The summed E-state index contributed by atoms with van der Waals surface area (Å²) in [6.07, 6.45) is 12.0. The summed E-state index contributed by atoms with van der Waals surface area (Å²) >= 11 is 0. The Morgan fingerprint density at radius 3 is 2.33 bits per heavy atom. The van der Waals surface area contributed by atoms with E-state index in [4.69, 9.17) is 14.6 Å². The van der Waals surface area contributed by atoms with Gasteiger partial charge in [-0.25, -0.2) is 0 Å². The number of aliphatic hydroxyl groups excluding tert-OH is 3. The van der Waals surface area contributed by atoms with Crippen LogP contribution in [0.3, 0.4) is 0 Å². The molecule has 0 spiro atoms. The second kappa shape index (κ2) is 13.8. The summed E-state index contributed by atoms with van der Waals surface area (Å²) in [5, 5.41) is 28.7. The van der Waals surface area contributed by atoms with Crippen molar-refractivity contribution in [1.82, 2.24) is 0 Å². The van der Waals surface area contributed by atoms with E-state index in [-0.39, 0.29) is 13.2 Å². The molecule has 3 N–H and O–H groups in total. The third-order valence-corrected chi connectivity index (χ3v) is 4.50. The van der Waals surface area contributed by atoms with Gasteiger partial charge in [-0.3, -0.25) is 0 Å². The van der Waals surface area contributed by atoms with Crippen LogP contribution < -0.4 is 0 Å². The first-order valence-electron chi connectivity index (χ1n) is 9.55. The lowest BCUT2D eigenvalue weighted by Gasteiger charge is -2.36. The summed E-state index contributed by atoms with van der Waals surface area (Å²) in [6.45, 7) is 2.71. The predicted molar refractivity (Wildman–Crippen MR) is 94.9 cm³/mol. The Morgan fingerprint density at radius 2 is 1.62 bits per heavy atom. The molecule has 24 heavy (non-hydrogen) atoms. The summed E-state index contributed by atoms with van der Waals surface area (Å²) in [5.41, 5.74) is 0. The molecule has 1 rings (SSSR count). The highest BCUT2D eigenvalue weighted by atomic mass is 16.6. The van der Waals surface area contributed by atoms with Crippen LogP contribution in [0.25, 0.3) is 0 Å². The molecular formula is C19H36O5. The van der Waals surface area contributed by atoms with Crippen molar-refractivity contribution in [2.75, 3.05) is 19.8 Å². The van der Waals surface area contributed by atoms with E-state index in [0.29, 0.717) is 6.61 Å². The van der Waals surface area contributed by atoms with Gasteiger partial charge in [0.15, 0.2) is 0 Å². The van der Waals surface area contributed by atoms with Gasteiger partial charge in [0.05, 0.1) is 13.2 Å². The lowest BCUT2D eigenvalue weighted by Crippen LogP contribution is -2.55. The van der Waals surface area contributed by atoms with E-state index in [0.717, 1.165) is 12.8 Å².